The van der Waals surface area contributed by atoms with Gasteiger partial charge in [0.25, 0.3) is 0 Å². The van der Waals surface area contributed by atoms with Gasteiger partial charge >= 0.3 is 0 Å². The van der Waals surface area contributed by atoms with E-state index >= 15 is 0 Å². The van der Waals surface area contributed by atoms with E-state index in [4.69, 9.17) is 22.4 Å². The van der Waals surface area contributed by atoms with E-state index in [1.807, 2.05) is 6.92 Å². The third-order valence-electron chi connectivity index (χ3n) is 1.91. The van der Waals surface area contributed by atoms with E-state index in [0.29, 0.717) is 10.7 Å². The molecule has 1 rings (SSSR count). The first-order chi connectivity index (χ1) is 6.19. The van der Waals surface area contributed by atoms with Crippen LogP contribution in [0.3, 0.4) is 0 Å². The molecule has 1 heterocycles. The molecule has 0 aliphatic carbocycles. The number of hydrogen-bond donors (Lipinski definition) is 2. The molecule has 13 heavy (non-hydrogen) atoms. The molecule has 72 valence electrons. The molecular weight excluding hydrogens is 188 g/mol. The Morgan fingerprint density at radius 1 is 1.62 bits per heavy atom. The average Bonchev–Trinajstić information content (AvgIpc) is 2.17. The lowest BCUT2D eigenvalue weighted by molar-refractivity contribution is 0.276. The molecule has 0 aliphatic heterocycles. The van der Waals surface area contributed by atoms with E-state index in [1.54, 1.807) is 12.1 Å². The molecule has 0 bridgehead atoms. The van der Waals surface area contributed by atoms with Gasteiger partial charge in [-0.15, -0.1) is 0 Å². The fourth-order valence-electron chi connectivity index (χ4n) is 1.03. The highest BCUT2D eigenvalue weighted by Gasteiger charge is 2.07. The van der Waals surface area contributed by atoms with Crippen LogP contribution < -0.4 is 5.73 Å². The van der Waals surface area contributed by atoms with Crippen LogP contribution >= 0.6 is 11.6 Å². The lowest BCUT2D eigenvalue weighted by Crippen LogP contribution is -2.11. The van der Waals surface area contributed by atoms with Crippen molar-refractivity contribution in [2.24, 2.45) is 5.73 Å². The first kappa shape index (κ1) is 10.4. The van der Waals surface area contributed by atoms with Gasteiger partial charge in [0.2, 0.25) is 0 Å². The van der Waals surface area contributed by atoms with Crippen molar-refractivity contribution in [3.8, 4) is 0 Å². The molecule has 1 atom stereocenters. The summed E-state index contributed by atoms with van der Waals surface area (Å²) in [7, 11) is 0. The molecule has 3 nitrogen and oxygen atoms in total. The molecule has 3 N–H and O–H groups in total. The molecule has 0 aliphatic rings. The van der Waals surface area contributed by atoms with Crippen LogP contribution in [0.15, 0.2) is 12.1 Å². The van der Waals surface area contributed by atoms with Crippen molar-refractivity contribution in [1.29, 1.82) is 0 Å². The highest BCUT2D eigenvalue weighted by molar-refractivity contribution is 6.31. The summed E-state index contributed by atoms with van der Waals surface area (Å²) in [6, 6.07) is 3.42. The molecule has 0 amide bonds. The maximum Gasteiger partial charge on any atom is 0.0868 e. The minimum atomic E-state index is -0.150. The highest BCUT2D eigenvalue weighted by atomic mass is 35.5. The number of rotatable bonds is 3. The predicted octanol–water partition coefficient (Wildman–Crippen LogP) is 1.64. The summed E-state index contributed by atoms with van der Waals surface area (Å²) in [5.74, 6) is 0. The Balaban J connectivity index is 2.99. The van der Waals surface area contributed by atoms with Crippen LogP contribution in [0.5, 0.6) is 0 Å². The van der Waals surface area contributed by atoms with Gasteiger partial charge in [-0.05, 0) is 18.6 Å². The average molecular weight is 201 g/mol. The van der Waals surface area contributed by atoms with Gasteiger partial charge in [-0.3, -0.25) is 4.98 Å². The quantitative estimate of drug-likeness (QED) is 0.780. The smallest absolute Gasteiger partial charge is 0.0868 e. The monoisotopic (exact) mass is 200 g/mol. The molecule has 4 heteroatoms. The summed E-state index contributed by atoms with van der Waals surface area (Å²) >= 11 is 5.78. The molecule has 1 aromatic rings. The summed E-state index contributed by atoms with van der Waals surface area (Å²) in [6.07, 6.45) is 0.819. The predicted molar refractivity (Wildman–Crippen MR) is 52.4 cm³/mol. The number of nitrogens with two attached hydrogens (primary N) is 1. The van der Waals surface area contributed by atoms with Crippen molar-refractivity contribution in [2.75, 3.05) is 0 Å². The first-order valence-corrected chi connectivity index (χ1v) is 4.58. The van der Waals surface area contributed by atoms with Crippen LogP contribution in [-0.2, 0) is 6.61 Å². The Morgan fingerprint density at radius 2 is 2.31 bits per heavy atom. The van der Waals surface area contributed by atoms with Gasteiger partial charge in [0.15, 0.2) is 0 Å². The van der Waals surface area contributed by atoms with E-state index < -0.39 is 0 Å². The van der Waals surface area contributed by atoms with Crippen molar-refractivity contribution < 1.29 is 5.11 Å². The number of nitrogens with zero attached hydrogens (tertiary/aromatic N) is 1. The van der Waals surface area contributed by atoms with Crippen LogP contribution in [0.2, 0.25) is 5.02 Å². The third-order valence-corrected chi connectivity index (χ3v) is 2.25. The van der Waals surface area contributed by atoms with Crippen molar-refractivity contribution >= 4 is 11.6 Å². The van der Waals surface area contributed by atoms with Crippen LogP contribution in [-0.4, -0.2) is 10.1 Å². The number of aromatic nitrogens is 1. The van der Waals surface area contributed by atoms with Crippen molar-refractivity contribution in [1.82, 2.24) is 4.98 Å². The standard InChI is InChI=1S/C9H13ClN2O/c1-2-7(11)8-4-3-6(10)9(5-13)12-8/h3-4,7,13H,2,5,11H2,1H3/t7-/m1/s1. The second kappa shape index (κ2) is 4.56. The number of aliphatic hydroxyl groups is 1. The molecule has 1 aromatic heterocycles. The Labute approximate surface area is 82.5 Å². The van der Waals surface area contributed by atoms with Crippen LogP contribution in [0.4, 0.5) is 0 Å². The Hall–Kier alpha value is -0.640. The van der Waals surface area contributed by atoms with Crippen molar-refractivity contribution in [2.45, 2.75) is 26.0 Å². The zero-order chi connectivity index (χ0) is 9.84. The number of pyridine rings is 1. The zero-order valence-corrected chi connectivity index (χ0v) is 8.25. The molecule has 0 radical (unpaired) electrons. The second-order valence-electron chi connectivity index (χ2n) is 2.84. The molecule has 0 unspecified atom stereocenters. The van der Waals surface area contributed by atoms with Gasteiger partial charge in [-0.25, -0.2) is 0 Å². The van der Waals surface area contributed by atoms with Crippen LogP contribution in [0, 0.1) is 0 Å². The molecule has 0 spiro atoms. The highest BCUT2D eigenvalue weighted by Crippen LogP contribution is 2.18. The van der Waals surface area contributed by atoms with E-state index in [9.17, 15) is 0 Å². The van der Waals surface area contributed by atoms with Crippen molar-refractivity contribution in [3.05, 3.63) is 28.5 Å². The fourth-order valence-corrected chi connectivity index (χ4v) is 1.19. The summed E-state index contributed by atoms with van der Waals surface area (Å²) in [6.45, 7) is 1.84. The van der Waals surface area contributed by atoms with Gasteiger partial charge in [0, 0.05) is 6.04 Å². The summed E-state index contributed by atoms with van der Waals surface area (Å²) in [4.78, 5) is 4.15. The minimum absolute atomic E-state index is 0.0810. The molecule has 0 aromatic carbocycles. The van der Waals surface area contributed by atoms with E-state index in [0.717, 1.165) is 12.1 Å². The van der Waals surface area contributed by atoms with Crippen LogP contribution in [0.25, 0.3) is 0 Å². The zero-order valence-electron chi connectivity index (χ0n) is 7.50. The second-order valence-corrected chi connectivity index (χ2v) is 3.24. The number of hydrogen-bond acceptors (Lipinski definition) is 3. The Kier molecular flexibility index (Phi) is 3.66. The molecule has 0 saturated heterocycles. The van der Waals surface area contributed by atoms with E-state index in [2.05, 4.69) is 4.98 Å². The third kappa shape index (κ3) is 2.40. The summed E-state index contributed by atoms with van der Waals surface area (Å²) in [5.41, 5.74) is 7.04. The van der Waals surface area contributed by atoms with Crippen LogP contribution in [0.1, 0.15) is 30.8 Å². The fraction of sp³-hybridized carbons (Fsp3) is 0.444. The number of aliphatic hydroxyl groups excluding tert-OH is 1. The topological polar surface area (TPSA) is 59.1 Å². The van der Waals surface area contributed by atoms with Gasteiger partial charge in [0.1, 0.15) is 0 Å². The molecular formula is C9H13ClN2O. The van der Waals surface area contributed by atoms with Gasteiger partial charge < -0.3 is 10.8 Å². The Morgan fingerprint density at radius 3 is 2.85 bits per heavy atom. The molecule has 0 saturated carbocycles. The largest absolute Gasteiger partial charge is 0.390 e. The van der Waals surface area contributed by atoms with Gasteiger partial charge in [0.05, 0.1) is 23.0 Å². The van der Waals surface area contributed by atoms with E-state index in [1.165, 1.54) is 0 Å². The van der Waals surface area contributed by atoms with Gasteiger partial charge in [-0.1, -0.05) is 18.5 Å². The van der Waals surface area contributed by atoms with E-state index in [-0.39, 0.29) is 12.6 Å². The Bertz CT molecular complexity index is 291. The van der Waals surface area contributed by atoms with Gasteiger partial charge in [-0.2, -0.15) is 0 Å². The minimum Gasteiger partial charge on any atom is -0.390 e. The maximum absolute atomic E-state index is 8.91. The normalized spacial score (nSPS) is 12.9. The first-order valence-electron chi connectivity index (χ1n) is 4.20. The number of halogens is 1. The SMILES string of the molecule is CC[C@@H](N)c1ccc(Cl)c(CO)n1. The summed E-state index contributed by atoms with van der Waals surface area (Å²) in [5, 5.41) is 9.39. The maximum atomic E-state index is 8.91. The molecule has 0 fully saturated rings. The lowest BCUT2D eigenvalue weighted by Gasteiger charge is -2.09. The lowest BCUT2D eigenvalue weighted by atomic mass is 10.1. The summed E-state index contributed by atoms with van der Waals surface area (Å²) < 4.78 is 0. The van der Waals surface area contributed by atoms with Crippen molar-refractivity contribution in [3.63, 3.8) is 0 Å².